The first kappa shape index (κ1) is 13.7. The number of rotatable bonds is 3. The van der Waals surface area contributed by atoms with E-state index in [0.717, 1.165) is 22.0 Å². The van der Waals surface area contributed by atoms with Crippen molar-refractivity contribution in [3.8, 4) is 0 Å². The van der Waals surface area contributed by atoms with E-state index in [-0.39, 0.29) is 0 Å². The summed E-state index contributed by atoms with van der Waals surface area (Å²) in [6.07, 6.45) is 0. The second kappa shape index (κ2) is 5.94. The Balaban J connectivity index is 2.36. The first-order valence-electron chi connectivity index (χ1n) is 6.34. The average Bonchev–Trinajstić information content (AvgIpc) is 2.39. The molecular formula is C17H18ClN. The zero-order valence-electron chi connectivity index (χ0n) is 11.5. The van der Waals surface area contributed by atoms with Gasteiger partial charge in [-0.3, -0.25) is 0 Å². The highest BCUT2D eigenvalue weighted by Gasteiger charge is 2.05. The fourth-order valence-electron chi connectivity index (χ4n) is 1.95. The third-order valence-corrected chi connectivity index (χ3v) is 3.29. The smallest absolute Gasteiger partial charge is 0.0444 e. The number of nitrogens with one attached hydrogen (secondary N) is 1. The van der Waals surface area contributed by atoms with Crippen molar-refractivity contribution in [1.82, 2.24) is 0 Å². The molecule has 0 spiro atoms. The fourth-order valence-corrected chi connectivity index (χ4v) is 2.08. The van der Waals surface area contributed by atoms with Crippen LogP contribution in [0.4, 0.5) is 5.69 Å². The Kier molecular flexibility index (Phi) is 4.28. The van der Waals surface area contributed by atoms with Crippen LogP contribution in [-0.4, -0.2) is 0 Å². The predicted octanol–water partition coefficient (Wildman–Crippen LogP) is 5.51. The van der Waals surface area contributed by atoms with E-state index in [1.165, 1.54) is 11.1 Å². The fraction of sp³-hybridized carbons (Fsp3) is 0.176. The Bertz CT molecular complexity index is 593. The van der Waals surface area contributed by atoms with Gasteiger partial charge in [0.1, 0.15) is 0 Å². The molecule has 2 aromatic rings. The number of anilines is 1. The van der Waals surface area contributed by atoms with Gasteiger partial charge in [-0.05, 0) is 50.1 Å². The summed E-state index contributed by atoms with van der Waals surface area (Å²) in [4.78, 5) is 0. The van der Waals surface area contributed by atoms with Crippen molar-refractivity contribution in [3.05, 3.63) is 70.3 Å². The van der Waals surface area contributed by atoms with Crippen LogP contribution in [0, 0.1) is 6.92 Å². The van der Waals surface area contributed by atoms with E-state index in [1.807, 2.05) is 36.4 Å². The minimum atomic E-state index is 0.757. The van der Waals surface area contributed by atoms with Crippen molar-refractivity contribution in [3.63, 3.8) is 0 Å². The van der Waals surface area contributed by atoms with Crippen LogP contribution < -0.4 is 5.32 Å². The summed E-state index contributed by atoms with van der Waals surface area (Å²) >= 11 is 5.94. The van der Waals surface area contributed by atoms with Crippen molar-refractivity contribution in [2.75, 3.05) is 5.32 Å². The lowest BCUT2D eigenvalue weighted by molar-refractivity contribution is 1.35. The van der Waals surface area contributed by atoms with E-state index in [4.69, 9.17) is 11.6 Å². The third-order valence-electron chi connectivity index (χ3n) is 3.04. The zero-order valence-corrected chi connectivity index (χ0v) is 12.3. The van der Waals surface area contributed by atoms with E-state index in [9.17, 15) is 0 Å². The molecule has 0 aromatic heterocycles. The topological polar surface area (TPSA) is 12.0 Å². The van der Waals surface area contributed by atoms with Gasteiger partial charge in [0.2, 0.25) is 0 Å². The number of para-hydroxylation sites is 1. The standard InChI is InChI=1S/C17H18ClN/c1-12(2)17(14-8-10-15(18)11-9-14)19-16-7-5-4-6-13(16)3/h4-11,19H,1-3H3. The Morgan fingerprint density at radius 2 is 1.58 bits per heavy atom. The minimum absolute atomic E-state index is 0.757. The Morgan fingerprint density at radius 1 is 0.947 bits per heavy atom. The van der Waals surface area contributed by atoms with Crippen LogP contribution in [0.15, 0.2) is 54.1 Å². The number of benzene rings is 2. The molecule has 2 aromatic carbocycles. The highest BCUT2D eigenvalue weighted by atomic mass is 35.5. The maximum Gasteiger partial charge on any atom is 0.0444 e. The molecule has 0 bridgehead atoms. The minimum Gasteiger partial charge on any atom is -0.355 e. The van der Waals surface area contributed by atoms with Crippen molar-refractivity contribution < 1.29 is 0 Å². The van der Waals surface area contributed by atoms with Crippen LogP contribution >= 0.6 is 11.6 Å². The van der Waals surface area contributed by atoms with Gasteiger partial charge in [0.15, 0.2) is 0 Å². The van der Waals surface area contributed by atoms with Crippen LogP contribution in [0.1, 0.15) is 25.0 Å². The van der Waals surface area contributed by atoms with E-state index < -0.39 is 0 Å². The molecule has 0 heterocycles. The molecule has 98 valence electrons. The molecule has 0 aliphatic carbocycles. The van der Waals surface area contributed by atoms with E-state index in [1.54, 1.807) is 0 Å². The number of aryl methyl sites for hydroxylation is 1. The van der Waals surface area contributed by atoms with Gasteiger partial charge in [-0.15, -0.1) is 0 Å². The molecule has 2 rings (SSSR count). The van der Waals surface area contributed by atoms with E-state index >= 15 is 0 Å². The lowest BCUT2D eigenvalue weighted by Crippen LogP contribution is -2.02. The van der Waals surface area contributed by atoms with Gasteiger partial charge in [0.25, 0.3) is 0 Å². The maximum atomic E-state index is 5.94. The first-order valence-corrected chi connectivity index (χ1v) is 6.72. The molecule has 0 saturated carbocycles. The summed E-state index contributed by atoms with van der Waals surface area (Å²) in [5.41, 5.74) is 5.88. The summed E-state index contributed by atoms with van der Waals surface area (Å²) in [5.74, 6) is 0. The number of allylic oxidation sites excluding steroid dienone is 1. The molecule has 1 N–H and O–H groups in total. The molecule has 0 amide bonds. The van der Waals surface area contributed by atoms with E-state index in [0.29, 0.717) is 0 Å². The van der Waals surface area contributed by atoms with Crippen molar-refractivity contribution in [2.24, 2.45) is 0 Å². The molecule has 0 saturated heterocycles. The second-order valence-corrected chi connectivity index (χ2v) is 5.26. The molecule has 0 unspecified atom stereocenters. The number of hydrogen-bond acceptors (Lipinski definition) is 1. The summed E-state index contributed by atoms with van der Waals surface area (Å²) in [7, 11) is 0. The van der Waals surface area contributed by atoms with Crippen molar-refractivity contribution in [2.45, 2.75) is 20.8 Å². The molecule has 19 heavy (non-hydrogen) atoms. The van der Waals surface area contributed by atoms with Gasteiger partial charge in [-0.1, -0.05) is 47.5 Å². The van der Waals surface area contributed by atoms with Crippen LogP contribution in [0.2, 0.25) is 5.02 Å². The SMILES string of the molecule is CC(C)=C(Nc1ccccc1C)c1ccc(Cl)cc1. The van der Waals surface area contributed by atoms with Gasteiger partial charge in [-0.25, -0.2) is 0 Å². The van der Waals surface area contributed by atoms with Gasteiger partial charge in [0, 0.05) is 16.4 Å². The van der Waals surface area contributed by atoms with Crippen molar-refractivity contribution >= 4 is 23.0 Å². The second-order valence-electron chi connectivity index (χ2n) is 4.82. The lowest BCUT2D eigenvalue weighted by atomic mass is 10.1. The molecular weight excluding hydrogens is 254 g/mol. The Morgan fingerprint density at radius 3 is 2.16 bits per heavy atom. The quantitative estimate of drug-likeness (QED) is 0.776. The van der Waals surface area contributed by atoms with E-state index in [2.05, 4.69) is 38.2 Å². The van der Waals surface area contributed by atoms with Gasteiger partial charge in [-0.2, -0.15) is 0 Å². The monoisotopic (exact) mass is 271 g/mol. The van der Waals surface area contributed by atoms with Crippen LogP contribution in [0.5, 0.6) is 0 Å². The van der Waals surface area contributed by atoms with Crippen LogP contribution in [0.3, 0.4) is 0 Å². The normalized spacial score (nSPS) is 10.1. The van der Waals surface area contributed by atoms with Crippen LogP contribution in [-0.2, 0) is 0 Å². The Labute approximate surface area is 119 Å². The summed E-state index contributed by atoms with van der Waals surface area (Å²) in [5, 5.41) is 4.28. The molecule has 0 fully saturated rings. The molecule has 0 aliphatic rings. The zero-order chi connectivity index (χ0) is 13.8. The van der Waals surface area contributed by atoms with Crippen LogP contribution in [0.25, 0.3) is 5.70 Å². The summed E-state index contributed by atoms with van der Waals surface area (Å²) < 4.78 is 0. The molecule has 0 atom stereocenters. The highest BCUT2D eigenvalue weighted by Crippen LogP contribution is 2.25. The summed E-state index contributed by atoms with van der Waals surface area (Å²) in [6, 6.07) is 16.2. The number of halogens is 1. The molecule has 1 nitrogen and oxygen atoms in total. The molecule has 0 radical (unpaired) electrons. The molecule has 0 aliphatic heterocycles. The van der Waals surface area contributed by atoms with Gasteiger partial charge >= 0.3 is 0 Å². The maximum absolute atomic E-state index is 5.94. The van der Waals surface area contributed by atoms with Gasteiger partial charge in [0.05, 0.1) is 0 Å². The largest absolute Gasteiger partial charge is 0.355 e. The van der Waals surface area contributed by atoms with Crippen molar-refractivity contribution in [1.29, 1.82) is 0 Å². The number of hydrogen-bond donors (Lipinski definition) is 1. The lowest BCUT2D eigenvalue weighted by Gasteiger charge is -2.15. The summed E-state index contributed by atoms with van der Waals surface area (Å²) in [6.45, 7) is 6.32. The average molecular weight is 272 g/mol. The predicted molar refractivity (Wildman–Crippen MR) is 84.5 cm³/mol. The Hall–Kier alpha value is -1.73. The molecule has 2 heteroatoms. The van der Waals surface area contributed by atoms with Gasteiger partial charge < -0.3 is 5.32 Å². The highest BCUT2D eigenvalue weighted by molar-refractivity contribution is 6.30. The first-order chi connectivity index (χ1) is 9.08. The third kappa shape index (κ3) is 3.39.